The van der Waals surface area contributed by atoms with Crippen LogP contribution >= 0.6 is 11.3 Å². The van der Waals surface area contributed by atoms with Gasteiger partial charge in [-0.3, -0.25) is 0 Å². The summed E-state index contributed by atoms with van der Waals surface area (Å²) in [7, 11) is 0. The van der Waals surface area contributed by atoms with Crippen LogP contribution in [0.3, 0.4) is 0 Å². The Morgan fingerprint density at radius 2 is 1.69 bits per heavy atom. The molecule has 0 fully saturated rings. The van der Waals surface area contributed by atoms with Gasteiger partial charge in [-0.2, -0.15) is 0 Å². The molecule has 0 aliphatic heterocycles. The van der Waals surface area contributed by atoms with Crippen molar-refractivity contribution < 1.29 is 10.2 Å². The molecule has 0 unspecified atom stereocenters. The van der Waals surface area contributed by atoms with Gasteiger partial charge in [0, 0.05) is 28.4 Å². The number of hydrogen-bond acceptors (Lipinski definition) is 5. The zero-order valence-corrected chi connectivity index (χ0v) is 14.8. The molecule has 4 rings (SSSR count). The molecule has 5 heteroatoms. The molecule has 130 valence electrons. The van der Waals surface area contributed by atoms with Crippen LogP contribution in [-0.2, 0) is 6.42 Å². The molecule has 0 radical (unpaired) electrons. The van der Waals surface area contributed by atoms with E-state index in [1.165, 1.54) is 10.8 Å². The molecule has 4 nitrogen and oxygen atoms in total. The van der Waals surface area contributed by atoms with Crippen LogP contribution in [0.15, 0.2) is 72.1 Å². The van der Waals surface area contributed by atoms with E-state index < -0.39 is 6.29 Å². The van der Waals surface area contributed by atoms with Crippen molar-refractivity contribution in [3.8, 4) is 11.3 Å². The summed E-state index contributed by atoms with van der Waals surface area (Å²) in [6.07, 6.45) is -1.10. The third kappa shape index (κ3) is 3.60. The Balaban J connectivity index is 1.56. The summed E-state index contributed by atoms with van der Waals surface area (Å²) in [6.45, 7) is 0. The van der Waals surface area contributed by atoms with Crippen LogP contribution in [-0.4, -0.2) is 21.5 Å². The number of aliphatic hydroxyl groups is 2. The second kappa shape index (κ2) is 7.25. The van der Waals surface area contributed by atoms with E-state index in [2.05, 4.69) is 34.6 Å². The molecular formula is C21H18N2O2S. The Morgan fingerprint density at radius 1 is 0.923 bits per heavy atom. The lowest BCUT2D eigenvalue weighted by atomic mass is 10.1. The predicted molar refractivity (Wildman–Crippen MR) is 107 cm³/mol. The van der Waals surface area contributed by atoms with Crippen LogP contribution in [0.2, 0.25) is 0 Å². The predicted octanol–water partition coefficient (Wildman–Crippen LogP) is 4.56. The van der Waals surface area contributed by atoms with Crippen molar-refractivity contribution in [3.05, 3.63) is 77.7 Å². The van der Waals surface area contributed by atoms with E-state index in [0.29, 0.717) is 0 Å². The SMILES string of the molecule is OC(O)Cc1ccc(-c2csc(Nc3cccc4ccccc34)n2)cc1. The molecule has 1 aromatic heterocycles. The molecule has 0 bridgehead atoms. The highest BCUT2D eigenvalue weighted by Crippen LogP contribution is 2.30. The second-order valence-corrected chi connectivity index (χ2v) is 6.93. The topological polar surface area (TPSA) is 65.4 Å². The molecule has 0 amide bonds. The lowest BCUT2D eigenvalue weighted by Gasteiger charge is -2.07. The number of aromatic nitrogens is 1. The fourth-order valence-electron chi connectivity index (χ4n) is 2.94. The van der Waals surface area contributed by atoms with Gasteiger partial charge in [-0.25, -0.2) is 4.98 Å². The molecule has 0 aliphatic rings. The number of hydrogen-bond donors (Lipinski definition) is 3. The number of anilines is 2. The van der Waals surface area contributed by atoms with Crippen molar-refractivity contribution in [1.82, 2.24) is 4.98 Å². The van der Waals surface area contributed by atoms with Crippen LogP contribution in [0.5, 0.6) is 0 Å². The molecule has 4 aromatic rings. The first-order valence-electron chi connectivity index (χ1n) is 8.35. The highest BCUT2D eigenvalue weighted by molar-refractivity contribution is 7.14. The van der Waals surface area contributed by atoms with E-state index in [-0.39, 0.29) is 6.42 Å². The highest BCUT2D eigenvalue weighted by Gasteiger charge is 2.07. The van der Waals surface area contributed by atoms with Crippen molar-refractivity contribution in [2.24, 2.45) is 0 Å². The van der Waals surface area contributed by atoms with Gasteiger partial charge in [-0.15, -0.1) is 11.3 Å². The normalized spacial score (nSPS) is 11.2. The Labute approximate surface area is 155 Å². The summed E-state index contributed by atoms with van der Waals surface area (Å²) in [6, 6.07) is 22.1. The maximum Gasteiger partial charge on any atom is 0.187 e. The summed E-state index contributed by atoms with van der Waals surface area (Å²) < 4.78 is 0. The number of rotatable bonds is 5. The number of fused-ring (bicyclic) bond motifs is 1. The smallest absolute Gasteiger partial charge is 0.187 e. The van der Waals surface area contributed by atoms with Crippen molar-refractivity contribution in [3.63, 3.8) is 0 Å². The van der Waals surface area contributed by atoms with Gasteiger partial charge in [0.25, 0.3) is 0 Å². The lowest BCUT2D eigenvalue weighted by molar-refractivity contribution is -0.0381. The zero-order chi connectivity index (χ0) is 17.9. The van der Waals surface area contributed by atoms with Crippen LogP contribution in [0.1, 0.15) is 5.56 Å². The fourth-order valence-corrected chi connectivity index (χ4v) is 3.67. The molecule has 0 saturated heterocycles. The quantitative estimate of drug-likeness (QED) is 0.455. The first kappa shape index (κ1) is 16.7. The number of thiazole rings is 1. The molecule has 0 spiro atoms. The standard InChI is InChI=1S/C21H18N2O2S/c24-20(25)12-14-8-10-16(11-9-14)19-13-26-21(23-19)22-18-7-3-5-15-4-1-2-6-17(15)18/h1-11,13,20,24-25H,12H2,(H,22,23). The van der Waals surface area contributed by atoms with Gasteiger partial charge in [0.05, 0.1) is 5.69 Å². The van der Waals surface area contributed by atoms with Gasteiger partial charge in [0.2, 0.25) is 0 Å². The summed E-state index contributed by atoms with van der Waals surface area (Å²) in [4.78, 5) is 4.68. The Kier molecular flexibility index (Phi) is 4.67. The van der Waals surface area contributed by atoms with E-state index in [4.69, 9.17) is 10.2 Å². The number of aliphatic hydroxyl groups excluding tert-OH is 1. The minimum absolute atomic E-state index is 0.227. The van der Waals surface area contributed by atoms with Crippen LogP contribution in [0.4, 0.5) is 10.8 Å². The van der Waals surface area contributed by atoms with E-state index in [9.17, 15) is 0 Å². The van der Waals surface area contributed by atoms with Crippen LogP contribution in [0.25, 0.3) is 22.0 Å². The van der Waals surface area contributed by atoms with Gasteiger partial charge in [-0.1, -0.05) is 60.7 Å². The molecule has 3 N–H and O–H groups in total. The maximum atomic E-state index is 9.05. The van der Waals surface area contributed by atoms with Gasteiger partial charge in [-0.05, 0) is 17.0 Å². The molecule has 0 aliphatic carbocycles. The lowest BCUT2D eigenvalue weighted by Crippen LogP contribution is -2.07. The average molecular weight is 362 g/mol. The molecular weight excluding hydrogens is 344 g/mol. The average Bonchev–Trinajstić information content (AvgIpc) is 3.11. The Bertz CT molecular complexity index is 1020. The van der Waals surface area contributed by atoms with E-state index in [0.717, 1.165) is 27.6 Å². The molecule has 0 atom stereocenters. The van der Waals surface area contributed by atoms with E-state index >= 15 is 0 Å². The van der Waals surface area contributed by atoms with Crippen molar-refractivity contribution in [2.45, 2.75) is 12.7 Å². The first-order chi connectivity index (χ1) is 12.7. The zero-order valence-electron chi connectivity index (χ0n) is 14.0. The number of benzene rings is 3. The minimum Gasteiger partial charge on any atom is -0.368 e. The van der Waals surface area contributed by atoms with E-state index in [1.54, 1.807) is 11.3 Å². The van der Waals surface area contributed by atoms with Crippen molar-refractivity contribution >= 4 is 32.9 Å². The van der Waals surface area contributed by atoms with Crippen LogP contribution in [0, 0.1) is 0 Å². The summed E-state index contributed by atoms with van der Waals surface area (Å²) in [5.74, 6) is 0. The summed E-state index contributed by atoms with van der Waals surface area (Å²) >= 11 is 1.56. The monoisotopic (exact) mass is 362 g/mol. The maximum absolute atomic E-state index is 9.05. The second-order valence-electron chi connectivity index (χ2n) is 6.07. The number of nitrogens with zero attached hydrogens (tertiary/aromatic N) is 1. The summed E-state index contributed by atoms with van der Waals surface area (Å²) in [5.41, 5.74) is 3.82. The molecule has 1 heterocycles. The van der Waals surface area contributed by atoms with Gasteiger partial charge in [0.15, 0.2) is 11.4 Å². The Morgan fingerprint density at radius 3 is 2.50 bits per heavy atom. The van der Waals surface area contributed by atoms with Gasteiger partial charge in [0.1, 0.15) is 0 Å². The Hall–Kier alpha value is -2.73. The minimum atomic E-state index is -1.32. The van der Waals surface area contributed by atoms with E-state index in [1.807, 2.05) is 47.8 Å². The highest BCUT2D eigenvalue weighted by atomic mass is 32.1. The third-order valence-electron chi connectivity index (χ3n) is 4.20. The van der Waals surface area contributed by atoms with Crippen molar-refractivity contribution in [1.29, 1.82) is 0 Å². The number of nitrogens with one attached hydrogen (secondary N) is 1. The fraction of sp³-hybridized carbons (Fsp3) is 0.0952. The molecule has 3 aromatic carbocycles. The molecule has 26 heavy (non-hydrogen) atoms. The largest absolute Gasteiger partial charge is 0.368 e. The van der Waals surface area contributed by atoms with Gasteiger partial charge < -0.3 is 15.5 Å². The first-order valence-corrected chi connectivity index (χ1v) is 9.23. The van der Waals surface area contributed by atoms with Gasteiger partial charge >= 0.3 is 0 Å². The van der Waals surface area contributed by atoms with Crippen LogP contribution < -0.4 is 5.32 Å². The van der Waals surface area contributed by atoms with Crippen molar-refractivity contribution in [2.75, 3.05) is 5.32 Å². The summed E-state index contributed by atoms with van der Waals surface area (Å²) in [5, 5.41) is 26.7. The molecule has 0 saturated carbocycles. The third-order valence-corrected chi connectivity index (χ3v) is 4.96.